The van der Waals surface area contributed by atoms with Crippen molar-refractivity contribution in [1.29, 1.82) is 0 Å². The van der Waals surface area contributed by atoms with E-state index in [2.05, 4.69) is 20.5 Å². The van der Waals surface area contributed by atoms with Gasteiger partial charge in [0, 0.05) is 17.6 Å². The van der Waals surface area contributed by atoms with E-state index in [0.29, 0.717) is 5.75 Å². The highest BCUT2D eigenvalue weighted by atomic mass is 32.1. The number of hydrazone groups is 1. The van der Waals surface area contributed by atoms with E-state index in [-0.39, 0.29) is 11.6 Å². The van der Waals surface area contributed by atoms with Gasteiger partial charge < -0.3 is 4.74 Å². The van der Waals surface area contributed by atoms with Gasteiger partial charge in [-0.05, 0) is 42.8 Å². The summed E-state index contributed by atoms with van der Waals surface area (Å²) in [5, 5.41) is 17.7. The highest BCUT2D eigenvalue weighted by Crippen LogP contribution is 2.28. The van der Waals surface area contributed by atoms with Gasteiger partial charge >= 0.3 is 5.69 Å². The predicted octanol–water partition coefficient (Wildman–Crippen LogP) is 3.99. The summed E-state index contributed by atoms with van der Waals surface area (Å²) in [6, 6.07) is 9.77. The van der Waals surface area contributed by atoms with Crippen molar-refractivity contribution < 1.29 is 9.66 Å². The molecule has 0 aliphatic carbocycles. The predicted molar refractivity (Wildman–Crippen MR) is 95.5 cm³/mol. The first-order valence-electron chi connectivity index (χ1n) is 7.20. The summed E-state index contributed by atoms with van der Waals surface area (Å²) in [5.74, 6) is 0.400. The molecule has 25 heavy (non-hydrogen) atoms. The van der Waals surface area contributed by atoms with E-state index >= 15 is 0 Å². The first-order valence-corrected chi connectivity index (χ1v) is 8.08. The first-order chi connectivity index (χ1) is 12.1. The summed E-state index contributed by atoms with van der Waals surface area (Å²) in [5.41, 5.74) is 4.44. The molecule has 1 N–H and O–H groups in total. The number of nitrogens with zero attached hydrogens (tertiary/aromatic N) is 4. The maximum atomic E-state index is 11.0. The van der Waals surface area contributed by atoms with Crippen molar-refractivity contribution >= 4 is 28.4 Å². The normalized spacial score (nSPS) is 10.8. The molecule has 0 bridgehead atoms. The lowest BCUT2D eigenvalue weighted by molar-refractivity contribution is -0.386. The largest absolute Gasteiger partial charge is 0.434 e. The van der Waals surface area contributed by atoms with Crippen molar-refractivity contribution in [3.05, 3.63) is 69.3 Å². The Hall–Kier alpha value is -3.33. The number of rotatable bonds is 6. The Balaban J connectivity index is 1.65. The number of aryl methyl sites for hydroxylation is 1. The molecule has 0 saturated heterocycles. The van der Waals surface area contributed by atoms with Crippen LogP contribution < -0.4 is 10.2 Å². The van der Waals surface area contributed by atoms with Gasteiger partial charge in [0.05, 0.1) is 16.8 Å². The molecule has 2 aromatic heterocycles. The van der Waals surface area contributed by atoms with E-state index in [1.54, 1.807) is 30.5 Å². The number of nitro groups is 1. The molecular formula is C16H13N5O3S. The number of thiazole rings is 1. The Morgan fingerprint density at radius 3 is 2.80 bits per heavy atom. The smallest absolute Gasteiger partial charge is 0.331 e. The van der Waals surface area contributed by atoms with E-state index in [1.165, 1.54) is 29.7 Å². The molecule has 126 valence electrons. The van der Waals surface area contributed by atoms with E-state index in [4.69, 9.17) is 4.74 Å². The van der Waals surface area contributed by atoms with Crippen LogP contribution >= 0.6 is 11.3 Å². The van der Waals surface area contributed by atoms with Gasteiger partial charge in [0.25, 0.3) is 5.88 Å². The lowest BCUT2D eigenvalue weighted by Gasteiger charge is -2.05. The molecule has 0 amide bonds. The van der Waals surface area contributed by atoms with Gasteiger partial charge in [0.1, 0.15) is 5.75 Å². The van der Waals surface area contributed by atoms with E-state index in [0.717, 1.165) is 16.4 Å². The minimum atomic E-state index is -0.532. The molecule has 0 saturated carbocycles. The van der Waals surface area contributed by atoms with Crippen LogP contribution in [0.1, 0.15) is 11.3 Å². The number of aromatic nitrogens is 2. The second kappa shape index (κ2) is 7.49. The molecule has 3 aromatic rings. The van der Waals surface area contributed by atoms with Gasteiger partial charge in [-0.25, -0.2) is 9.97 Å². The number of pyridine rings is 1. The number of hydrogen-bond acceptors (Lipinski definition) is 8. The molecule has 0 radical (unpaired) electrons. The lowest BCUT2D eigenvalue weighted by Crippen LogP contribution is -1.95. The molecule has 9 heteroatoms. The van der Waals surface area contributed by atoms with Crippen molar-refractivity contribution in [2.75, 3.05) is 5.43 Å². The van der Waals surface area contributed by atoms with Crippen LogP contribution in [0, 0.1) is 17.0 Å². The maximum absolute atomic E-state index is 11.0. The van der Waals surface area contributed by atoms with Gasteiger partial charge in [-0.15, -0.1) is 11.3 Å². The Morgan fingerprint density at radius 1 is 1.32 bits per heavy atom. The average molecular weight is 355 g/mol. The summed E-state index contributed by atoms with van der Waals surface area (Å²) in [6.07, 6.45) is 3.08. The van der Waals surface area contributed by atoms with Gasteiger partial charge in [-0.2, -0.15) is 5.10 Å². The molecule has 0 atom stereocenters. The van der Waals surface area contributed by atoms with Crippen LogP contribution in [0.5, 0.6) is 11.6 Å². The first kappa shape index (κ1) is 16.5. The SMILES string of the molecule is Cc1csc(NN=Cc2ccc(Oc3ncccc3[N+](=O)[O-])cc2)n1. The van der Waals surface area contributed by atoms with Gasteiger partial charge in [-0.1, -0.05) is 0 Å². The molecule has 0 aliphatic heterocycles. The highest BCUT2D eigenvalue weighted by molar-refractivity contribution is 7.13. The zero-order chi connectivity index (χ0) is 17.6. The van der Waals surface area contributed by atoms with E-state index in [1.807, 2.05) is 12.3 Å². The van der Waals surface area contributed by atoms with Crippen LogP contribution in [0.4, 0.5) is 10.8 Å². The third-order valence-corrected chi connectivity index (χ3v) is 3.90. The fourth-order valence-electron chi connectivity index (χ4n) is 1.90. The summed E-state index contributed by atoms with van der Waals surface area (Å²) in [4.78, 5) is 18.6. The van der Waals surface area contributed by atoms with Crippen LogP contribution in [0.25, 0.3) is 0 Å². The maximum Gasteiger partial charge on any atom is 0.331 e. The molecule has 0 unspecified atom stereocenters. The third kappa shape index (κ3) is 4.36. The van der Waals surface area contributed by atoms with Crippen LogP contribution in [-0.2, 0) is 0 Å². The number of anilines is 1. The molecule has 0 spiro atoms. The zero-order valence-corrected chi connectivity index (χ0v) is 13.9. The van der Waals surface area contributed by atoms with Gasteiger partial charge in [0.15, 0.2) is 0 Å². The second-order valence-corrected chi connectivity index (χ2v) is 5.78. The fraction of sp³-hybridized carbons (Fsp3) is 0.0625. The van der Waals surface area contributed by atoms with Crippen LogP contribution in [0.15, 0.2) is 53.1 Å². The number of ether oxygens (including phenoxy) is 1. The topological polar surface area (TPSA) is 103 Å². The third-order valence-electron chi connectivity index (χ3n) is 3.04. The summed E-state index contributed by atoms with van der Waals surface area (Å²) >= 11 is 1.47. The Labute approximate surface area is 147 Å². The summed E-state index contributed by atoms with van der Waals surface area (Å²) in [6.45, 7) is 1.91. The van der Waals surface area contributed by atoms with Crippen LogP contribution in [0.2, 0.25) is 0 Å². The quantitative estimate of drug-likeness (QED) is 0.407. The second-order valence-electron chi connectivity index (χ2n) is 4.92. The monoisotopic (exact) mass is 355 g/mol. The molecule has 0 fully saturated rings. The van der Waals surface area contributed by atoms with Gasteiger partial charge in [0.2, 0.25) is 5.13 Å². The molecular weight excluding hydrogens is 342 g/mol. The number of nitrogens with one attached hydrogen (secondary N) is 1. The Morgan fingerprint density at radius 2 is 2.12 bits per heavy atom. The molecule has 8 nitrogen and oxygen atoms in total. The van der Waals surface area contributed by atoms with Crippen LogP contribution in [-0.4, -0.2) is 21.1 Å². The van der Waals surface area contributed by atoms with Gasteiger partial charge in [-0.3, -0.25) is 15.5 Å². The van der Waals surface area contributed by atoms with Crippen molar-refractivity contribution in [2.24, 2.45) is 5.10 Å². The van der Waals surface area contributed by atoms with E-state index < -0.39 is 4.92 Å². The summed E-state index contributed by atoms with van der Waals surface area (Å²) < 4.78 is 5.48. The lowest BCUT2D eigenvalue weighted by atomic mass is 10.2. The number of hydrogen-bond donors (Lipinski definition) is 1. The molecule has 0 aliphatic rings. The average Bonchev–Trinajstić information content (AvgIpc) is 3.02. The number of benzene rings is 1. The molecule has 3 rings (SSSR count). The van der Waals surface area contributed by atoms with Crippen LogP contribution in [0.3, 0.4) is 0 Å². The van der Waals surface area contributed by atoms with Crippen molar-refractivity contribution in [3.63, 3.8) is 0 Å². The fourth-order valence-corrected chi connectivity index (χ4v) is 2.54. The molecule has 1 aromatic carbocycles. The minimum Gasteiger partial charge on any atom is -0.434 e. The zero-order valence-electron chi connectivity index (χ0n) is 13.1. The van der Waals surface area contributed by atoms with Crippen molar-refractivity contribution in [1.82, 2.24) is 9.97 Å². The van der Waals surface area contributed by atoms with Crippen molar-refractivity contribution in [3.8, 4) is 11.6 Å². The summed E-state index contributed by atoms with van der Waals surface area (Å²) in [7, 11) is 0. The molecule has 2 heterocycles. The Kier molecular flexibility index (Phi) is 4.95. The van der Waals surface area contributed by atoms with E-state index in [9.17, 15) is 10.1 Å². The minimum absolute atomic E-state index is 0.0466. The standard InChI is InChI=1S/C16H13N5O3S/c1-11-10-25-16(19-11)20-18-9-12-4-6-13(7-5-12)24-15-14(21(22)23)3-2-8-17-15/h2-10H,1H3,(H,19,20). The van der Waals surface area contributed by atoms with Crippen molar-refractivity contribution in [2.45, 2.75) is 6.92 Å². The highest BCUT2D eigenvalue weighted by Gasteiger charge is 2.16. The Bertz CT molecular complexity index is 908.